The summed E-state index contributed by atoms with van der Waals surface area (Å²) in [4.78, 5) is 8.89. The number of pyridine rings is 2. The van der Waals surface area contributed by atoms with Crippen molar-refractivity contribution in [2.45, 2.75) is 13.3 Å². The SMILES string of the molecule is CCc1cnc(-n2ccc(-c3cccnc3OC)n2)c2ccccc12. The van der Waals surface area contributed by atoms with E-state index in [0.717, 1.165) is 28.9 Å². The zero-order chi connectivity index (χ0) is 17.2. The highest BCUT2D eigenvalue weighted by Crippen LogP contribution is 2.28. The molecule has 4 rings (SSSR count). The number of methoxy groups -OCH3 is 1. The number of aromatic nitrogens is 4. The second kappa shape index (κ2) is 6.36. The van der Waals surface area contributed by atoms with Gasteiger partial charge in [-0.25, -0.2) is 14.6 Å². The van der Waals surface area contributed by atoms with E-state index in [1.807, 2.05) is 41.3 Å². The van der Waals surface area contributed by atoms with Crippen LogP contribution >= 0.6 is 0 Å². The Labute approximate surface area is 145 Å². The van der Waals surface area contributed by atoms with Crippen LogP contribution in [0.15, 0.2) is 61.1 Å². The fourth-order valence-corrected chi connectivity index (χ4v) is 3.03. The maximum Gasteiger partial charge on any atom is 0.222 e. The molecule has 0 saturated heterocycles. The van der Waals surface area contributed by atoms with Crippen LogP contribution in [0.5, 0.6) is 5.88 Å². The highest BCUT2D eigenvalue weighted by atomic mass is 16.5. The molecule has 3 heterocycles. The van der Waals surface area contributed by atoms with Crippen LogP contribution in [0, 0.1) is 0 Å². The summed E-state index contributed by atoms with van der Waals surface area (Å²) in [5, 5.41) is 7.01. The van der Waals surface area contributed by atoms with Gasteiger partial charge in [-0.2, -0.15) is 5.10 Å². The van der Waals surface area contributed by atoms with Crippen LogP contribution in [-0.4, -0.2) is 26.9 Å². The first-order valence-corrected chi connectivity index (χ1v) is 8.24. The minimum absolute atomic E-state index is 0.562. The molecule has 0 unspecified atom stereocenters. The molecule has 3 aromatic heterocycles. The summed E-state index contributed by atoms with van der Waals surface area (Å²) >= 11 is 0. The highest BCUT2D eigenvalue weighted by Gasteiger charge is 2.13. The second-order valence-corrected chi connectivity index (χ2v) is 5.71. The third kappa shape index (κ3) is 2.63. The minimum atomic E-state index is 0.562. The maximum atomic E-state index is 5.34. The number of hydrogen-bond donors (Lipinski definition) is 0. The van der Waals surface area contributed by atoms with Gasteiger partial charge in [-0.05, 0) is 35.6 Å². The van der Waals surface area contributed by atoms with Crippen LogP contribution in [0.4, 0.5) is 0 Å². The smallest absolute Gasteiger partial charge is 0.222 e. The number of fused-ring (bicyclic) bond motifs is 1. The Morgan fingerprint density at radius 2 is 1.84 bits per heavy atom. The Bertz CT molecular complexity index is 1040. The van der Waals surface area contributed by atoms with Crippen molar-refractivity contribution in [1.82, 2.24) is 19.7 Å². The van der Waals surface area contributed by atoms with E-state index in [1.54, 1.807) is 13.3 Å². The number of aryl methyl sites for hydroxylation is 1. The fraction of sp³-hybridized carbons (Fsp3) is 0.150. The molecule has 0 bridgehead atoms. The third-order valence-corrected chi connectivity index (χ3v) is 4.28. The van der Waals surface area contributed by atoms with Crippen molar-refractivity contribution >= 4 is 10.8 Å². The first kappa shape index (κ1) is 15.3. The lowest BCUT2D eigenvalue weighted by Gasteiger charge is -2.09. The zero-order valence-corrected chi connectivity index (χ0v) is 14.2. The maximum absolute atomic E-state index is 5.34. The largest absolute Gasteiger partial charge is 0.481 e. The lowest BCUT2D eigenvalue weighted by atomic mass is 10.1. The van der Waals surface area contributed by atoms with Gasteiger partial charge in [-0.15, -0.1) is 0 Å². The molecular weight excluding hydrogens is 312 g/mol. The van der Waals surface area contributed by atoms with E-state index in [2.05, 4.69) is 35.1 Å². The number of nitrogens with zero attached hydrogens (tertiary/aromatic N) is 4. The van der Waals surface area contributed by atoms with Crippen molar-refractivity contribution in [2.75, 3.05) is 7.11 Å². The molecule has 0 saturated carbocycles. The van der Waals surface area contributed by atoms with Gasteiger partial charge in [-0.1, -0.05) is 31.2 Å². The van der Waals surface area contributed by atoms with E-state index in [4.69, 9.17) is 9.84 Å². The van der Waals surface area contributed by atoms with E-state index < -0.39 is 0 Å². The molecule has 0 aliphatic rings. The van der Waals surface area contributed by atoms with Gasteiger partial charge in [0, 0.05) is 24.0 Å². The average Bonchev–Trinajstić information content (AvgIpc) is 3.16. The summed E-state index contributed by atoms with van der Waals surface area (Å²) in [7, 11) is 1.61. The molecule has 0 N–H and O–H groups in total. The van der Waals surface area contributed by atoms with Crippen molar-refractivity contribution in [1.29, 1.82) is 0 Å². The Morgan fingerprint density at radius 1 is 1.00 bits per heavy atom. The molecule has 1 aromatic carbocycles. The highest BCUT2D eigenvalue weighted by molar-refractivity contribution is 5.91. The number of hydrogen-bond acceptors (Lipinski definition) is 4. The summed E-state index contributed by atoms with van der Waals surface area (Å²) < 4.78 is 7.15. The van der Waals surface area contributed by atoms with E-state index in [9.17, 15) is 0 Å². The molecule has 4 aromatic rings. The first-order valence-electron chi connectivity index (χ1n) is 8.24. The van der Waals surface area contributed by atoms with Gasteiger partial charge in [0.15, 0.2) is 5.82 Å². The van der Waals surface area contributed by atoms with Crippen molar-refractivity contribution in [3.8, 4) is 23.0 Å². The summed E-state index contributed by atoms with van der Waals surface area (Å²) in [5.41, 5.74) is 2.90. The Balaban J connectivity index is 1.85. The van der Waals surface area contributed by atoms with Gasteiger partial charge < -0.3 is 4.74 Å². The minimum Gasteiger partial charge on any atom is -0.481 e. The van der Waals surface area contributed by atoms with Gasteiger partial charge in [0.1, 0.15) is 0 Å². The second-order valence-electron chi connectivity index (χ2n) is 5.71. The Kier molecular flexibility index (Phi) is 3.90. The molecule has 0 radical (unpaired) electrons. The van der Waals surface area contributed by atoms with Crippen molar-refractivity contribution < 1.29 is 4.74 Å². The standard InChI is InChI=1S/C20H18N4O/c1-3-14-13-22-19(16-8-5-4-7-15(14)16)24-12-10-18(23-24)17-9-6-11-21-20(17)25-2/h4-13H,3H2,1-2H3. The van der Waals surface area contributed by atoms with Gasteiger partial charge in [0.05, 0.1) is 18.4 Å². The first-order chi connectivity index (χ1) is 12.3. The van der Waals surface area contributed by atoms with Crippen molar-refractivity contribution in [2.24, 2.45) is 0 Å². The summed E-state index contributed by atoms with van der Waals surface area (Å²) in [6, 6.07) is 14.1. The lowest BCUT2D eigenvalue weighted by Crippen LogP contribution is -2.01. The van der Waals surface area contributed by atoms with Gasteiger partial charge >= 0.3 is 0 Å². The molecular formula is C20H18N4O. The number of ether oxygens (including phenoxy) is 1. The topological polar surface area (TPSA) is 52.8 Å². The normalized spacial score (nSPS) is 11.0. The van der Waals surface area contributed by atoms with E-state index in [-0.39, 0.29) is 0 Å². The third-order valence-electron chi connectivity index (χ3n) is 4.28. The molecule has 0 amide bonds. The number of benzene rings is 1. The van der Waals surface area contributed by atoms with Crippen molar-refractivity contribution in [3.63, 3.8) is 0 Å². The molecule has 0 aliphatic heterocycles. The van der Waals surface area contributed by atoms with Crippen molar-refractivity contribution in [3.05, 3.63) is 66.6 Å². The quantitative estimate of drug-likeness (QED) is 0.566. The molecule has 5 heteroatoms. The van der Waals surface area contributed by atoms with Crippen LogP contribution in [-0.2, 0) is 6.42 Å². The Morgan fingerprint density at radius 3 is 2.64 bits per heavy atom. The molecule has 25 heavy (non-hydrogen) atoms. The number of rotatable bonds is 4. The Hall–Kier alpha value is -3.21. The van der Waals surface area contributed by atoms with Gasteiger partial charge in [0.25, 0.3) is 0 Å². The fourth-order valence-electron chi connectivity index (χ4n) is 3.03. The zero-order valence-electron chi connectivity index (χ0n) is 14.2. The van der Waals surface area contributed by atoms with Crippen LogP contribution < -0.4 is 4.74 Å². The molecule has 0 spiro atoms. The summed E-state index contributed by atoms with van der Waals surface area (Å²) in [6.07, 6.45) is 6.51. The average molecular weight is 330 g/mol. The predicted octanol–water partition coefficient (Wildman–Crippen LogP) is 4.05. The molecule has 0 atom stereocenters. The molecule has 5 nitrogen and oxygen atoms in total. The van der Waals surface area contributed by atoms with Crippen LogP contribution in [0.1, 0.15) is 12.5 Å². The van der Waals surface area contributed by atoms with Crippen LogP contribution in [0.3, 0.4) is 0 Å². The molecule has 0 aliphatic carbocycles. The van der Waals surface area contributed by atoms with E-state index >= 15 is 0 Å². The van der Waals surface area contributed by atoms with E-state index in [0.29, 0.717) is 5.88 Å². The monoisotopic (exact) mass is 330 g/mol. The summed E-state index contributed by atoms with van der Waals surface area (Å²) in [6.45, 7) is 2.14. The summed E-state index contributed by atoms with van der Waals surface area (Å²) in [5.74, 6) is 1.38. The predicted molar refractivity (Wildman–Crippen MR) is 98.0 cm³/mol. The lowest BCUT2D eigenvalue weighted by molar-refractivity contribution is 0.399. The van der Waals surface area contributed by atoms with E-state index in [1.165, 1.54) is 10.9 Å². The molecule has 0 fully saturated rings. The van der Waals surface area contributed by atoms with Gasteiger partial charge in [-0.3, -0.25) is 0 Å². The van der Waals surface area contributed by atoms with Crippen LogP contribution in [0.25, 0.3) is 27.8 Å². The molecule has 124 valence electrons. The van der Waals surface area contributed by atoms with Gasteiger partial charge in [0.2, 0.25) is 5.88 Å². The van der Waals surface area contributed by atoms with Crippen LogP contribution in [0.2, 0.25) is 0 Å².